The highest BCUT2D eigenvalue weighted by atomic mass is 16.5. The molecule has 1 saturated heterocycles. The van der Waals surface area contributed by atoms with Gasteiger partial charge in [-0.3, -0.25) is 4.99 Å². The number of rotatable bonds is 3. The predicted octanol–water partition coefficient (Wildman–Crippen LogP) is 1.37. The van der Waals surface area contributed by atoms with Gasteiger partial charge < -0.3 is 15.4 Å². The van der Waals surface area contributed by atoms with E-state index in [9.17, 15) is 0 Å². The Morgan fingerprint density at radius 2 is 2.35 bits per heavy atom. The standard InChI is InChI=1S/C13H25N3O/c1-9(2)12-11(5-4-6-17-12)8-15-13-14-7-10(3)16-13/h9-12H,4-8H2,1-3H3,(H2,14,15,16). The average molecular weight is 239 g/mol. The summed E-state index contributed by atoms with van der Waals surface area (Å²) in [5, 5.41) is 6.76. The van der Waals surface area contributed by atoms with Crippen LogP contribution in [0.3, 0.4) is 0 Å². The van der Waals surface area contributed by atoms with Crippen LogP contribution in [0.25, 0.3) is 0 Å². The van der Waals surface area contributed by atoms with E-state index in [2.05, 4.69) is 36.4 Å². The first-order valence-electron chi connectivity index (χ1n) is 6.83. The summed E-state index contributed by atoms with van der Waals surface area (Å²) in [7, 11) is 0. The number of hydrogen-bond acceptors (Lipinski definition) is 4. The molecule has 4 heteroatoms. The van der Waals surface area contributed by atoms with Gasteiger partial charge in [0, 0.05) is 25.1 Å². The van der Waals surface area contributed by atoms with Gasteiger partial charge in [-0.15, -0.1) is 0 Å². The monoisotopic (exact) mass is 239 g/mol. The molecule has 4 nitrogen and oxygen atoms in total. The summed E-state index contributed by atoms with van der Waals surface area (Å²) in [4.78, 5) is 4.42. The van der Waals surface area contributed by atoms with Gasteiger partial charge >= 0.3 is 0 Å². The quantitative estimate of drug-likeness (QED) is 0.782. The van der Waals surface area contributed by atoms with E-state index in [1.54, 1.807) is 0 Å². The van der Waals surface area contributed by atoms with Gasteiger partial charge in [-0.05, 0) is 25.7 Å². The van der Waals surface area contributed by atoms with Crippen molar-refractivity contribution in [1.82, 2.24) is 10.6 Å². The Kier molecular flexibility index (Phi) is 4.26. The average Bonchev–Trinajstić information content (AvgIpc) is 2.73. The third kappa shape index (κ3) is 3.35. The summed E-state index contributed by atoms with van der Waals surface area (Å²) in [5.41, 5.74) is 0. The predicted molar refractivity (Wildman–Crippen MR) is 70.2 cm³/mol. The lowest BCUT2D eigenvalue weighted by Gasteiger charge is -2.34. The SMILES string of the molecule is CC1CN=C(NCC2CCCOC2C(C)C)N1. The largest absolute Gasteiger partial charge is 0.378 e. The Morgan fingerprint density at radius 3 is 3.00 bits per heavy atom. The molecular weight excluding hydrogens is 214 g/mol. The minimum absolute atomic E-state index is 0.399. The molecule has 2 aliphatic rings. The fourth-order valence-electron chi connectivity index (χ4n) is 2.71. The fraction of sp³-hybridized carbons (Fsp3) is 0.923. The summed E-state index contributed by atoms with van der Waals surface area (Å²) >= 11 is 0. The summed E-state index contributed by atoms with van der Waals surface area (Å²) in [5.74, 6) is 2.18. The van der Waals surface area contributed by atoms with Crippen molar-refractivity contribution in [1.29, 1.82) is 0 Å². The summed E-state index contributed by atoms with van der Waals surface area (Å²) < 4.78 is 5.89. The van der Waals surface area contributed by atoms with Crippen LogP contribution in [-0.4, -0.2) is 37.8 Å². The topological polar surface area (TPSA) is 45.7 Å². The van der Waals surface area contributed by atoms with Crippen molar-refractivity contribution < 1.29 is 4.74 Å². The van der Waals surface area contributed by atoms with Gasteiger partial charge in [0.1, 0.15) is 0 Å². The van der Waals surface area contributed by atoms with E-state index in [-0.39, 0.29) is 0 Å². The molecule has 0 bridgehead atoms. The van der Waals surface area contributed by atoms with Gasteiger partial charge in [0.2, 0.25) is 0 Å². The molecule has 0 radical (unpaired) electrons. The molecular formula is C13H25N3O. The van der Waals surface area contributed by atoms with Crippen molar-refractivity contribution in [2.24, 2.45) is 16.8 Å². The summed E-state index contributed by atoms with van der Waals surface area (Å²) in [6, 6.07) is 0.473. The Bertz CT molecular complexity index is 278. The molecule has 0 saturated carbocycles. The second kappa shape index (κ2) is 5.71. The second-order valence-electron chi connectivity index (χ2n) is 5.60. The molecule has 0 aromatic rings. The third-order valence-corrected chi connectivity index (χ3v) is 3.59. The third-order valence-electron chi connectivity index (χ3n) is 3.59. The van der Waals surface area contributed by atoms with Crippen LogP contribution >= 0.6 is 0 Å². The lowest BCUT2D eigenvalue weighted by Crippen LogP contribution is -2.44. The summed E-state index contributed by atoms with van der Waals surface area (Å²) in [6.45, 7) is 9.43. The molecule has 0 amide bonds. The van der Waals surface area contributed by atoms with Crippen molar-refractivity contribution in [3.8, 4) is 0 Å². The highest BCUT2D eigenvalue weighted by molar-refractivity contribution is 5.81. The zero-order valence-electron chi connectivity index (χ0n) is 11.2. The van der Waals surface area contributed by atoms with Crippen LogP contribution in [0.5, 0.6) is 0 Å². The lowest BCUT2D eigenvalue weighted by atomic mass is 9.87. The van der Waals surface area contributed by atoms with Crippen LogP contribution in [-0.2, 0) is 4.74 Å². The van der Waals surface area contributed by atoms with E-state index in [0.717, 1.165) is 25.7 Å². The molecule has 1 fully saturated rings. The van der Waals surface area contributed by atoms with Crippen LogP contribution in [0.2, 0.25) is 0 Å². The molecule has 3 unspecified atom stereocenters. The van der Waals surface area contributed by atoms with Crippen molar-refractivity contribution >= 4 is 5.96 Å². The van der Waals surface area contributed by atoms with Crippen LogP contribution in [0.15, 0.2) is 4.99 Å². The maximum Gasteiger partial charge on any atom is 0.191 e. The van der Waals surface area contributed by atoms with Crippen LogP contribution in [0.4, 0.5) is 0 Å². The van der Waals surface area contributed by atoms with Gasteiger partial charge in [0.05, 0.1) is 12.6 Å². The Balaban J connectivity index is 1.80. The van der Waals surface area contributed by atoms with Crippen molar-refractivity contribution in [3.05, 3.63) is 0 Å². The van der Waals surface area contributed by atoms with Crippen molar-refractivity contribution in [3.63, 3.8) is 0 Å². The van der Waals surface area contributed by atoms with Gasteiger partial charge in [0.25, 0.3) is 0 Å². The van der Waals surface area contributed by atoms with Crippen LogP contribution in [0, 0.1) is 11.8 Å². The number of aliphatic imine (C=N–C) groups is 1. The minimum atomic E-state index is 0.399. The van der Waals surface area contributed by atoms with Gasteiger partial charge in [-0.25, -0.2) is 0 Å². The second-order valence-corrected chi connectivity index (χ2v) is 5.60. The van der Waals surface area contributed by atoms with E-state index >= 15 is 0 Å². The highest BCUT2D eigenvalue weighted by Crippen LogP contribution is 2.25. The number of hydrogen-bond donors (Lipinski definition) is 2. The number of guanidine groups is 1. The van der Waals surface area contributed by atoms with Crippen LogP contribution in [0.1, 0.15) is 33.6 Å². The van der Waals surface area contributed by atoms with Crippen molar-refractivity contribution in [2.75, 3.05) is 19.7 Å². The first-order chi connectivity index (χ1) is 8.16. The molecule has 0 aliphatic carbocycles. The highest BCUT2D eigenvalue weighted by Gasteiger charge is 2.28. The van der Waals surface area contributed by atoms with E-state index in [4.69, 9.17) is 4.74 Å². The smallest absolute Gasteiger partial charge is 0.191 e. The maximum atomic E-state index is 5.89. The van der Waals surface area contributed by atoms with E-state index < -0.39 is 0 Å². The van der Waals surface area contributed by atoms with E-state index in [1.165, 1.54) is 12.8 Å². The van der Waals surface area contributed by atoms with E-state index in [1.807, 2.05) is 0 Å². The Morgan fingerprint density at radius 1 is 1.53 bits per heavy atom. The zero-order chi connectivity index (χ0) is 12.3. The Labute approximate surface area is 104 Å². The Hall–Kier alpha value is -0.770. The van der Waals surface area contributed by atoms with Gasteiger partial charge in [-0.2, -0.15) is 0 Å². The number of nitrogens with zero attached hydrogens (tertiary/aromatic N) is 1. The normalized spacial score (nSPS) is 33.4. The van der Waals surface area contributed by atoms with Crippen molar-refractivity contribution in [2.45, 2.75) is 45.8 Å². The molecule has 98 valence electrons. The molecule has 17 heavy (non-hydrogen) atoms. The first-order valence-corrected chi connectivity index (χ1v) is 6.83. The molecule has 2 heterocycles. The molecule has 2 aliphatic heterocycles. The molecule has 0 aromatic carbocycles. The summed E-state index contributed by atoms with van der Waals surface area (Å²) in [6.07, 6.45) is 2.85. The maximum absolute atomic E-state index is 5.89. The first kappa shape index (κ1) is 12.7. The minimum Gasteiger partial charge on any atom is -0.378 e. The molecule has 3 atom stereocenters. The van der Waals surface area contributed by atoms with E-state index in [0.29, 0.717) is 24.0 Å². The molecule has 0 aromatic heterocycles. The number of ether oxygens (including phenoxy) is 1. The molecule has 2 rings (SSSR count). The zero-order valence-corrected chi connectivity index (χ0v) is 11.2. The molecule has 0 spiro atoms. The lowest BCUT2D eigenvalue weighted by molar-refractivity contribution is -0.0505. The molecule has 2 N–H and O–H groups in total. The van der Waals surface area contributed by atoms with Crippen LogP contribution < -0.4 is 10.6 Å². The van der Waals surface area contributed by atoms with Gasteiger partial charge in [-0.1, -0.05) is 13.8 Å². The van der Waals surface area contributed by atoms with Gasteiger partial charge in [0.15, 0.2) is 5.96 Å². The fourth-order valence-corrected chi connectivity index (χ4v) is 2.71. The number of nitrogens with one attached hydrogen (secondary N) is 2.